The summed E-state index contributed by atoms with van der Waals surface area (Å²) in [5.74, 6) is 0.0803. The summed E-state index contributed by atoms with van der Waals surface area (Å²) in [7, 11) is 2.66. The Morgan fingerprint density at radius 2 is 1.69 bits per heavy atom. The highest BCUT2D eigenvalue weighted by atomic mass is 79.9. The maximum atomic E-state index is 13.5. The number of sulfonamides is 1. The molecule has 0 bridgehead atoms. The van der Waals surface area contributed by atoms with E-state index >= 15 is 0 Å². The van der Waals surface area contributed by atoms with Gasteiger partial charge in [-0.1, -0.05) is 24.3 Å². The maximum absolute atomic E-state index is 13.5. The van der Waals surface area contributed by atoms with Gasteiger partial charge in [-0.25, -0.2) is 13.8 Å². The fraction of sp³-hybridized carbons (Fsp3) is 0.200. The fourth-order valence-electron chi connectivity index (χ4n) is 3.32. The maximum Gasteiger partial charge on any atom is 0.264 e. The topological polar surface area (TPSA) is 101 Å². The van der Waals surface area contributed by atoms with E-state index in [0.29, 0.717) is 5.75 Å². The first-order valence-corrected chi connectivity index (χ1v) is 13.0. The highest BCUT2D eigenvalue weighted by molar-refractivity contribution is 9.10. The molecule has 0 aliphatic carbocycles. The number of hydrogen-bond donors (Lipinski definition) is 1. The van der Waals surface area contributed by atoms with Crippen molar-refractivity contribution >= 4 is 49.4 Å². The monoisotopic (exact) mass is 574 g/mol. The number of hydrazone groups is 1. The van der Waals surface area contributed by atoms with Crippen molar-refractivity contribution in [1.29, 1.82) is 0 Å². The molecule has 3 aromatic rings. The number of amides is 1. The Hall–Kier alpha value is -3.57. The number of nitrogens with one attached hydrogen (secondary N) is 1. The lowest BCUT2D eigenvalue weighted by molar-refractivity contribution is -0.119. The summed E-state index contributed by atoms with van der Waals surface area (Å²) in [4.78, 5) is 14.8. The van der Waals surface area contributed by atoms with Gasteiger partial charge < -0.3 is 14.4 Å². The van der Waals surface area contributed by atoms with Crippen LogP contribution in [0.4, 0.5) is 11.4 Å². The van der Waals surface area contributed by atoms with E-state index in [1.165, 1.54) is 38.6 Å². The van der Waals surface area contributed by atoms with E-state index in [2.05, 4.69) is 26.5 Å². The number of ether oxygens (including phenoxy) is 2. The van der Waals surface area contributed by atoms with Crippen molar-refractivity contribution in [2.75, 3.05) is 44.1 Å². The number of benzene rings is 3. The lowest BCUT2D eigenvalue weighted by Gasteiger charge is -2.25. The van der Waals surface area contributed by atoms with Crippen LogP contribution in [0.15, 0.2) is 81.2 Å². The number of carbonyl (C=O) groups is 1. The largest absolute Gasteiger partial charge is 0.497 e. The van der Waals surface area contributed by atoms with Crippen LogP contribution in [-0.4, -0.2) is 55.4 Å². The van der Waals surface area contributed by atoms with Crippen molar-refractivity contribution in [2.24, 2.45) is 5.10 Å². The van der Waals surface area contributed by atoms with Crippen LogP contribution in [0.2, 0.25) is 0 Å². The third-order valence-electron chi connectivity index (χ3n) is 5.13. The second-order valence-electron chi connectivity index (χ2n) is 7.76. The van der Waals surface area contributed by atoms with E-state index in [0.717, 1.165) is 20.0 Å². The molecular formula is C25H27BrN4O5S. The van der Waals surface area contributed by atoms with Crippen LogP contribution in [0.1, 0.15) is 5.56 Å². The zero-order chi connectivity index (χ0) is 26.3. The van der Waals surface area contributed by atoms with E-state index in [4.69, 9.17) is 9.47 Å². The number of anilines is 2. The molecule has 3 aromatic carbocycles. The Kier molecular flexibility index (Phi) is 8.94. The van der Waals surface area contributed by atoms with Crippen LogP contribution in [-0.2, 0) is 14.8 Å². The van der Waals surface area contributed by atoms with Crippen LogP contribution in [0, 0.1) is 0 Å². The summed E-state index contributed by atoms with van der Waals surface area (Å²) in [5, 5.41) is 4.00. The first kappa shape index (κ1) is 27.0. The molecule has 36 heavy (non-hydrogen) atoms. The Morgan fingerprint density at radius 3 is 2.31 bits per heavy atom. The van der Waals surface area contributed by atoms with Gasteiger partial charge in [-0.15, -0.1) is 0 Å². The average Bonchev–Trinajstić information content (AvgIpc) is 2.87. The third-order valence-corrected chi connectivity index (χ3v) is 7.54. The standard InChI is InChI=1S/C25H27BrN4O5S/c1-29(2)22-12-10-18(14-21(22)26)16-27-28-25(31)17-30(36(32,33)20-8-6-5-7-9-20)23-13-11-19(34-3)15-24(23)35-4/h5-16H,17H2,1-4H3,(H,28,31). The molecule has 1 N–H and O–H groups in total. The van der Waals surface area contributed by atoms with Crippen molar-refractivity contribution < 1.29 is 22.7 Å². The first-order valence-electron chi connectivity index (χ1n) is 10.8. The van der Waals surface area contributed by atoms with Crippen LogP contribution < -0.4 is 24.1 Å². The number of hydrogen-bond acceptors (Lipinski definition) is 7. The molecule has 0 saturated carbocycles. The molecule has 0 aromatic heterocycles. The van der Waals surface area contributed by atoms with Gasteiger partial charge in [0.05, 0.1) is 36.7 Å². The Labute approximate surface area is 219 Å². The minimum Gasteiger partial charge on any atom is -0.497 e. The van der Waals surface area contributed by atoms with Crippen molar-refractivity contribution in [3.8, 4) is 11.5 Å². The summed E-state index contributed by atoms with van der Waals surface area (Å²) >= 11 is 3.51. The number of nitrogens with zero attached hydrogens (tertiary/aromatic N) is 3. The predicted octanol–water partition coefficient (Wildman–Crippen LogP) is 3.88. The summed E-state index contributed by atoms with van der Waals surface area (Å²) in [5.41, 5.74) is 4.33. The molecule has 9 nitrogen and oxygen atoms in total. The fourth-order valence-corrected chi connectivity index (χ4v) is 5.52. The lowest BCUT2D eigenvalue weighted by atomic mass is 10.2. The van der Waals surface area contributed by atoms with E-state index in [1.807, 2.05) is 37.2 Å². The normalized spacial score (nSPS) is 11.2. The minimum absolute atomic E-state index is 0.0324. The second kappa shape index (κ2) is 11.9. The summed E-state index contributed by atoms with van der Waals surface area (Å²) in [6, 6.07) is 18.2. The van der Waals surface area contributed by atoms with Crippen molar-refractivity contribution in [3.05, 3.63) is 76.8 Å². The third kappa shape index (κ3) is 6.35. The molecule has 0 aliphatic rings. The van der Waals surface area contributed by atoms with Gasteiger partial charge in [0.1, 0.15) is 18.0 Å². The molecular weight excluding hydrogens is 548 g/mol. The van der Waals surface area contributed by atoms with Crippen LogP contribution in [0.3, 0.4) is 0 Å². The molecule has 0 aliphatic heterocycles. The van der Waals surface area contributed by atoms with E-state index in [9.17, 15) is 13.2 Å². The zero-order valence-corrected chi connectivity index (χ0v) is 22.7. The highest BCUT2D eigenvalue weighted by Crippen LogP contribution is 2.35. The summed E-state index contributed by atoms with van der Waals surface area (Å²) in [6.07, 6.45) is 1.48. The van der Waals surface area contributed by atoms with E-state index < -0.39 is 22.5 Å². The molecule has 190 valence electrons. The molecule has 0 spiro atoms. The van der Waals surface area contributed by atoms with Gasteiger partial charge in [-0.2, -0.15) is 5.10 Å². The van der Waals surface area contributed by atoms with Crippen molar-refractivity contribution in [2.45, 2.75) is 4.90 Å². The predicted molar refractivity (Wildman–Crippen MR) is 145 cm³/mol. The van der Waals surface area contributed by atoms with E-state index in [1.54, 1.807) is 30.3 Å². The summed E-state index contributed by atoms with van der Waals surface area (Å²) in [6.45, 7) is -0.527. The SMILES string of the molecule is COc1ccc(N(CC(=O)NN=Cc2ccc(N(C)C)c(Br)c2)S(=O)(=O)c2ccccc2)c(OC)c1. The number of methoxy groups -OCH3 is 2. The van der Waals surface area contributed by atoms with Crippen molar-refractivity contribution in [3.63, 3.8) is 0 Å². The first-order chi connectivity index (χ1) is 17.2. The van der Waals surface area contributed by atoms with E-state index in [-0.39, 0.29) is 16.3 Å². The molecule has 0 fully saturated rings. The van der Waals surface area contributed by atoms with Gasteiger partial charge in [-0.05, 0) is 57.9 Å². The number of rotatable bonds is 10. The minimum atomic E-state index is -4.11. The lowest BCUT2D eigenvalue weighted by Crippen LogP contribution is -2.39. The molecule has 11 heteroatoms. The van der Waals surface area contributed by atoms with Crippen LogP contribution in [0.5, 0.6) is 11.5 Å². The highest BCUT2D eigenvalue weighted by Gasteiger charge is 2.29. The molecule has 0 saturated heterocycles. The molecule has 0 atom stereocenters. The molecule has 0 heterocycles. The van der Waals surface area contributed by atoms with Crippen molar-refractivity contribution in [1.82, 2.24) is 5.43 Å². The zero-order valence-electron chi connectivity index (χ0n) is 20.3. The van der Waals surface area contributed by atoms with Gasteiger partial charge >= 0.3 is 0 Å². The number of halogens is 1. The molecule has 1 amide bonds. The molecule has 3 rings (SSSR count). The van der Waals surface area contributed by atoms with Gasteiger partial charge in [0.2, 0.25) is 0 Å². The van der Waals surface area contributed by atoms with Gasteiger partial charge in [-0.3, -0.25) is 9.10 Å². The smallest absolute Gasteiger partial charge is 0.264 e. The molecule has 0 radical (unpaired) electrons. The molecule has 0 unspecified atom stereocenters. The quantitative estimate of drug-likeness (QED) is 0.291. The Morgan fingerprint density at radius 1 is 1.00 bits per heavy atom. The van der Waals surface area contributed by atoms with Crippen LogP contribution in [0.25, 0.3) is 0 Å². The van der Waals surface area contributed by atoms with Gasteiger partial charge in [0.25, 0.3) is 15.9 Å². The summed E-state index contributed by atoms with van der Waals surface area (Å²) < 4.78 is 39.5. The van der Waals surface area contributed by atoms with Gasteiger partial charge in [0.15, 0.2) is 0 Å². The Bertz CT molecular complexity index is 1350. The van der Waals surface area contributed by atoms with Crippen LogP contribution >= 0.6 is 15.9 Å². The average molecular weight is 575 g/mol. The number of carbonyl (C=O) groups excluding carboxylic acids is 1. The second-order valence-corrected chi connectivity index (χ2v) is 10.5. The van der Waals surface area contributed by atoms with Gasteiger partial charge in [0, 0.05) is 24.6 Å². The Balaban J connectivity index is 1.88.